The Labute approximate surface area is 92.6 Å². The van der Waals surface area contributed by atoms with Crippen LogP contribution in [0.4, 0.5) is 0 Å². The van der Waals surface area contributed by atoms with E-state index in [-0.39, 0.29) is 6.61 Å². The number of pyridine rings is 1. The molecule has 0 aromatic carbocycles. The Balaban J connectivity index is 2.57. The Bertz CT molecular complexity index is 390. The van der Waals surface area contributed by atoms with E-state index in [1.807, 2.05) is 0 Å². The van der Waals surface area contributed by atoms with Crippen molar-refractivity contribution >= 4 is 11.9 Å². The van der Waals surface area contributed by atoms with Gasteiger partial charge in [0.1, 0.15) is 6.61 Å². The highest BCUT2D eigenvalue weighted by Gasteiger charge is 2.36. The number of carbonyl (C=O) groups excluding carboxylic acids is 2. The Kier molecular flexibility index (Phi) is 3.57. The molecule has 16 heavy (non-hydrogen) atoms. The van der Waals surface area contributed by atoms with Gasteiger partial charge in [0.25, 0.3) is 0 Å². The molecule has 1 aromatic rings. The third-order valence-electron chi connectivity index (χ3n) is 2.03. The summed E-state index contributed by atoms with van der Waals surface area (Å²) >= 11 is 0. The summed E-state index contributed by atoms with van der Waals surface area (Å²) < 4.78 is 4.85. The number of esters is 1. The maximum absolute atomic E-state index is 11.4. The molecule has 86 valence electrons. The Hall–Kier alpha value is -1.95. The largest absolute Gasteiger partial charge is 0.459 e. The molecule has 1 amide bonds. The zero-order valence-electron chi connectivity index (χ0n) is 8.84. The number of ether oxygens (including phenoxy) is 1. The molecule has 0 radical (unpaired) electrons. The maximum atomic E-state index is 11.4. The van der Waals surface area contributed by atoms with Gasteiger partial charge < -0.3 is 16.2 Å². The first-order chi connectivity index (χ1) is 7.44. The first-order valence-electron chi connectivity index (χ1n) is 4.59. The summed E-state index contributed by atoms with van der Waals surface area (Å²) in [7, 11) is 0. The molecule has 4 N–H and O–H groups in total. The number of nitrogens with two attached hydrogens (primary N) is 2. The molecule has 0 fully saturated rings. The number of nitrogens with zero attached hydrogens (tertiary/aromatic N) is 1. The van der Waals surface area contributed by atoms with Gasteiger partial charge >= 0.3 is 5.97 Å². The van der Waals surface area contributed by atoms with Crippen molar-refractivity contribution in [3.05, 3.63) is 30.1 Å². The zero-order chi connectivity index (χ0) is 12.2. The molecule has 0 aliphatic heterocycles. The van der Waals surface area contributed by atoms with E-state index >= 15 is 0 Å². The highest BCUT2D eigenvalue weighted by Crippen LogP contribution is 2.05. The summed E-state index contributed by atoms with van der Waals surface area (Å²) in [6, 6.07) is 3.44. The summed E-state index contributed by atoms with van der Waals surface area (Å²) in [5.41, 5.74) is 9.27. The van der Waals surface area contributed by atoms with Crippen molar-refractivity contribution in [2.45, 2.75) is 19.1 Å². The van der Waals surface area contributed by atoms with Gasteiger partial charge in [-0.25, -0.2) is 4.79 Å². The molecule has 0 bridgehead atoms. The van der Waals surface area contributed by atoms with Crippen LogP contribution in [0.1, 0.15) is 12.5 Å². The summed E-state index contributed by atoms with van der Waals surface area (Å²) in [6.45, 7) is 1.22. The van der Waals surface area contributed by atoms with Crippen LogP contribution in [0.15, 0.2) is 24.5 Å². The lowest BCUT2D eigenvalue weighted by molar-refractivity contribution is -0.154. The summed E-state index contributed by atoms with van der Waals surface area (Å²) in [4.78, 5) is 26.1. The maximum Gasteiger partial charge on any atom is 0.335 e. The van der Waals surface area contributed by atoms with Crippen LogP contribution >= 0.6 is 0 Å². The van der Waals surface area contributed by atoms with E-state index in [1.165, 1.54) is 6.92 Å². The minimum Gasteiger partial charge on any atom is -0.459 e. The first kappa shape index (κ1) is 12.1. The number of hydrogen-bond donors (Lipinski definition) is 2. The molecule has 0 aliphatic carbocycles. The normalized spacial score (nSPS) is 13.9. The number of primary amides is 1. The van der Waals surface area contributed by atoms with Crippen molar-refractivity contribution in [2.24, 2.45) is 11.5 Å². The monoisotopic (exact) mass is 223 g/mol. The van der Waals surface area contributed by atoms with Crippen LogP contribution in [0.2, 0.25) is 0 Å². The van der Waals surface area contributed by atoms with Crippen molar-refractivity contribution in [1.29, 1.82) is 0 Å². The SMILES string of the molecule is CC(N)(C(N)=O)C(=O)OCc1cccnc1. The minimum absolute atomic E-state index is 0.00669. The number of hydrogen-bond acceptors (Lipinski definition) is 5. The third kappa shape index (κ3) is 2.77. The van der Waals surface area contributed by atoms with E-state index in [4.69, 9.17) is 16.2 Å². The van der Waals surface area contributed by atoms with E-state index in [2.05, 4.69) is 4.98 Å². The summed E-state index contributed by atoms with van der Waals surface area (Å²) in [6.07, 6.45) is 3.15. The van der Waals surface area contributed by atoms with Crippen molar-refractivity contribution in [1.82, 2.24) is 4.98 Å². The van der Waals surface area contributed by atoms with Gasteiger partial charge in [-0.3, -0.25) is 9.78 Å². The van der Waals surface area contributed by atoms with Crippen molar-refractivity contribution in [2.75, 3.05) is 0 Å². The van der Waals surface area contributed by atoms with Gasteiger partial charge in [-0.05, 0) is 13.0 Å². The molecule has 1 aromatic heterocycles. The molecule has 0 saturated heterocycles. The van der Waals surface area contributed by atoms with Crippen LogP contribution in [0.3, 0.4) is 0 Å². The molecule has 0 saturated carbocycles. The number of rotatable bonds is 4. The summed E-state index contributed by atoms with van der Waals surface area (Å²) in [5, 5.41) is 0. The minimum atomic E-state index is -1.80. The van der Waals surface area contributed by atoms with Gasteiger partial charge in [-0.2, -0.15) is 0 Å². The number of amides is 1. The van der Waals surface area contributed by atoms with Gasteiger partial charge in [0.15, 0.2) is 5.54 Å². The second-order valence-corrected chi connectivity index (χ2v) is 3.50. The topological polar surface area (TPSA) is 108 Å². The molecule has 0 spiro atoms. The zero-order valence-corrected chi connectivity index (χ0v) is 8.84. The molecule has 6 heteroatoms. The smallest absolute Gasteiger partial charge is 0.335 e. The van der Waals surface area contributed by atoms with E-state index in [1.54, 1.807) is 24.5 Å². The fraction of sp³-hybridized carbons (Fsp3) is 0.300. The molecule has 6 nitrogen and oxygen atoms in total. The van der Waals surface area contributed by atoms with E-state index in [0.29, 0.717) is 5.56 Å². The van der Waals surface area contributed by atoms with E-state index in [9.17, 15) is 9.59 Å². The second kappa shape index (κ2) is 4.71. The molecule has 1 heterocycles. The molecular weight excluding hydrogens is 210 g/mol. The fourth-order valence-electron chi connectivity index (χ4n) is 0.883. The lowest BCUT2D eigenvalue weighted by atomic mass is 10.0. The predicted octanol–water partition coefficient (Wildman–Crippen LogP) is -0.672. The van der Waals surface area contributed by atoms with Gasteiger partial charge in [0.2, 0.25) is 5.91 Å². The van der Waals surface area contributed by atoms with Gasteiger partial charge in [0, 0.05) is 18.0 Å². The third-order valence-corrected chi connectivity index (χ3v) is 2.03. The van der Waals surface area contributed by atoms with Gasteiger partial charge in [-0.15, -0.1) is 0 Å². The quantitative estimate of drug-likeness (QED) is 0.519. The van der Waals surface area contributed by atoms with Gasteiger partial charge in [-0.1, -0.05) is 6.07 Å². The van der Waals surface area contributed by atoms with Crippen LogP contribution in [0.5, 0.6) is 0 Å². The Morgan fingerprint density at radius 2 is 2.25 bits per heavy atom. The Morgan fingerprint density at radius 1 is 1.56 bits per heavy atom. The molecule has 1 atom stereocenters. The van der Waals surface area contributed by atoms with Crippen molar-refractivity contribution in [3.8, 4) is 0 Å². The average Bonchev–Trinajstić information content (AvgIpc) is 2.27. The number of carbonyl (C=O) groups is 2. The molecule has 1 rings (SSSR count). The van der Waals surface area contributed by atoms with Crippen LogP contribution in [-0.2, 0) is 20.9 Å². The standard InChI is InChI=1S/C10H13N3O3/c1-10(12,8(11)14)9(15)16-6-7-3-2-4-13-5-7/h2-5H,6,12H2,1H3,(H2,11,14). The Morgan fingerprint density at radius 3 is 2.75 bits per heavy atom. The van der Waals surface area contributed by atoms with Crippen molar-refractivity contribution < 1.29 is 14.3 Å². The lowest BCUT2D eigenvalue weighted by Gasteiger charge is -2.18. The highest BCUT2D eigenvalue weighted by atomic mass is 16.5. The highest BCUT2D eigenvalue weighted by molar-refractivity contribution is 6.05. The predicted molar refractivity (Wildman–Crippen MR) is 55.8 cm³/mol. The first-order valence-corrected chi connectivity index (χ1v) is 4.59. The average molecular weight is 223 g/mol. The van der Waals surface area contributed by atoms with E-state index in [0.717, 1.165) is 0 Å². The molecule has 0 aliphatic rings. The van der Waals surface area contributed by atoms with Crippen LogP contribution in [0.25, 0.3) is 0 Å². The van der Waals surface area contributed by atoms with Crippen LogP contribution < -0.4 is 11.5 Å². The second-order valence-electron chi connectivity index (χ2n) is 3.50. The van der Waals surface area contributed by atoms with Crippen molar-refractivity contribution in [3.63, 3.8) is 0 Å². The van der Waals surface area contributed by atoms with Gasteiger partial charge in [0.05, 0.1) is 0 Å². The number of aromatic nitrogens is 1. The molecular formula is C10H13N3O3. The van der Waals surface area contributed by atoms with Crippen LogP contribution in [-0.4, -0.2) is 22.4 Å². The lowest BCUT2D eigenvalue weighted by Crippen LogP contribution is -2.56. The van der Waals surface area contributed by atoms with E-state index < -0.39 is 17.4 Å². The summed E-state index contributed by atoms with van der Waals surface area (Å²) in [5.74, 6) is -1.78. The fourth-order valence-corrected chi connectivity index (χ4v) is 0.883. The van der Waals surface area contributed by atoms with Crippen LogP contribution in [0, 0.1) is 0 Å². The molecule has 1 unspecified atom stereocenters.